The van der Waals surface area contributed by atoms with Crippen LogP contribution in [0.15, 0.2) is 6.07 Å². The van der Waals surface area contributed by atoms with Gasteiger partial charge in [-0.25, -0.2) is 8.78 Å². The summed E-state index contributed by atoms with van der Waals surface area (Å²) in [6, 6.07) is 0.429. The minimum absolute atomic E-state index is 0.0614. The van der Waals surface area contributed by atoms with Crippen LogP contribution in [-0.4, -0.2) is 22.9 Å². The molecular formula is C14H15ClF3NO2. The lowest BCUT2D eigenvalue weighted by Gasteiger charge is -2.27. The summed E-state index contributed by atoms with van der Waals surface area (Å²) in [7, 11) is 0. The van der Waals surface area contributed by atoms with E-state index in [1.165, 1.54) is 0 Å². The second-order valence-electron chi connectivity index (χ2n) is 5.15. The monoisotopic (exact) mass is 321 g/mol. The molecule has 1 aliphatic carbocycles. The molecule has 1 amide bonds. The van der Waals surface area contributed by atoms with Crippen LogP contribution >= 0.6 is 11.6 Å². The third-order valence-corrected chi connectivity index (χ3v) is 4.29. The molecule has 0 aliphatic heterocycles. The minimum Gasteiger partial charge on any atom is -0.503 e. The van der Waals surface area contributed by atoms with Crippen LogP contribution in [0.4, 0.5) is 13.2 Å². The molecule has 1 fully saturated rings. The lowest BCUT2D eigenvalue weighted by Crippen LogP contribution is -2.35. The van der Waals surface area contributed by atoms with Gasteiger partial charge >= 0.3 is 0 Å². The highest BCUT2D eigenvalue weighted by molar-refractivity contribution is 6.20. The Kier molecular flexibility index (Phi) is 4.98. The Labute approximate surface area is 125 Å². The van der Waals surface area contributed by atoms with E-state index < -0.39 is 34.7 Å². The van der Waals surface area contributed by atoms with E-state index in [2.05, 4.69) is 5.32 Å². The molecule has 2 atom stereocenters. The molecule has 116 valence electrons. The SMILES string of the molecule is O=C(NCC1CCCCC1Cl)c1cc(F)c(F)c(O)c1F. The molecule has 2 rings (SSSR count). The number of phenols is 1. The summed E-state index contributed by atoms with van der Waals surface area (Å²) in [5.41, 5.74) is -0.728. The van der Waals surface area contributed by atoms with E-state index in [1.807, 2.05) is 0 Å². The maximum absolute atomic E-state index is 13.6. The first-order chi connectivity index (χ1) is 9.91. The molecule has 21 heavy (non-hydrogen) atoms. The van der Waals surface area contributed by atoms with Gasteiger partial charge in [-0.15, -0.1) is 11.6 Å². The molecular weight excluding hydrogens is 307 g/mol. The van der Waals surface area contributed by atoms with Crippen molar-refractivity contribution < 1.29 is 23.1 Å². The Hall–Kier alpha value is -1.43. The highest BCUT2D eigenvalue weighted by Crippen LogP contribution is 2.29. The standard InChI is InChI=1S/C14H15ClF3NO2/c15-9-4-2-1-3-7(9)6-19-14(21)8-5-10(16)12(18)13(20)11(8)17/h5,7,9,20H,1-4,6H2,(H,19,21). The smallest absolute Gasteiger partial charge is 0.254 e. The number of carbonyl (C=O) groups excluding carboxylic acids is 1. The number of hydrogen-bond donors (Lipinski definition) is 2. The van der Waals surface area contributed by atoms with Crippen molar-refractivity contribution in [3.05, 3.63) is 29.1 Å². The van der Waals surface area contributed by atoms with E-state index in [4.69, 9.17) is 16.7 Å². The number of phenolic OH excluding ortho intramolecular Hbond substituents is 1. The van der Waals surface area contributed by atoms with E-state index in [1.54, 1.807) is 0 Å². The van der Waals surface area contributed by atoms with Gasteiger partial charge in [-0.1, -0.05) is 12.8 Å². The lowest BCUT2D eigenvalue weighted by molar-refractivity contribution is 0.0938. The van der Waals surface area contributed by atoms with Crippen molar-refractivity contribution in [2.45, 2.75) is 31.1 Å². The van der Waals surface area contributed by atoms with E-state index in [9.17, 15) is 18.0 Å². The molecule has 0 radical (unpaired) electrons. The predicted molar refractivity (Wildman–Crippen MR) is 71.9 cm³/mol. The quantitative estimate of drug-likeness (QED) is 0.662. The van der Waals surface area contributed by atoms with Crippen LogP contribution in [0, 0.1) is 23.4 Å². The first-order valence-electron chi connectivity index (χ1n) is 6.70. The normalized spacial score (nSPS) is 22.1. The molecule has 1 aromatic rings. The molecule has 2 N–H and O–H groups in total. The second kappa shape index (κ2) is 6.56. The molecule has 2 unspecified atom stereocenters. The van der Waals surface area contributed by atoms with Crippen molar-refractivity contribution in [2.24, 2.45) is 5.92 Å². The van der Waals surface area contributed by atoms with Crippen molar-refractivity contribution in [2.75, 3.05) is 6.54 Å². The summed E-state index contributed by atoms with van der Waals surface area (Å²) >= 11 is 6.14. The summed E-state index contributed by atoms with van der Waals surface area (Å²) < 4.78 is 39.7. The van der Waals surface area contributed by atoms with E-state index in [-0.39, 0.29) is 17.8 Å². The summed E-state index contributed by atoms with van der Waals surface area (Å²) in [4.78, 5) is 11.8. The maximum Gasteiger partial charge on any atom is 0.254 e. The Morgan fingerprint density at radius 2 is 1.95 bits per heavy atom. The molecule has 0 heterocycles. The van der Waals surface area contributed by atoms with E-state index in [0.717, 1.165) is 25.7 Å². The van der Waals surface area contributed by atoms with Crippen molar-refractivity contribution in [3.63, 3.8) is 0 Å². The molecule has 1 aliphatic rings. The molecule has 7 heteroatoms. The zero-order valence-electron chi connectivity index (χ0n) is 11.1. The molecule has 0 bridgehead atoms. The Morgan fingerprint density at radius 3 is 2.62 bits per heavy atom. The van der Waals surface area contributed by atoms with Crippen LogP contribution < -0.4 is 5.32 Å². The van der Waals surface area contributed by atoms with Gasteiger partial charge in [-0.05, 0) is 24.8 Å². The van der Waals surface area contributed by atoms with Crippen LogP contribution in [0.1, 0.15) is 36.0 Å². The fourth-order valence-corrected chi connectivity index (χ4v) is 2.84. The molecule has 1 aromatic carbocycles. The molecule has 0 spiro atoms. The van der Waals surface area contributed by atoms with Crippen molar-refractivity contribution in [1.29, 1.82) is 0 Å². The highest BCUT2D eigenvalue weighted by Gasteiger charge is 2.26. The number of hydrogen-bond acceptors (Lipinski definition) is 2. The van der Waals surface area contributed by atoms with Crippen LogP contribution in [0.3, 0.4) is 0 Å². The van der Waals surface area contributed by atoms with Crippen LogP contribution in [0.25, 0.3) is 0 Å². The van der Waals surface area contributed by atoms with Crippen LogP contribution in [0.5, 0.6) is 5.75 Å². The van der Waals surface area contributed by atoms with Crippen molar-refractivity contribution >= 4 is 17.5 Å². The molecule has 0 saturated heterocycles. The van der Waals surface area contributed by atoms with Gasteiger partial charge in [0.1, 0.15) is 0 Å². The number of rotatable bonds is 3. The summed E-state index contributed by atoms with van der Waals surface area (Å²) in [6.45, 7) is 0.228. The topological polar surface area (TPSA) is 49.3 Å². The van der Waals surface area contributed by atoms with Gasteiger partial charge in [0.2, 0.25) is 5.82 Å². The average molecular weight is 322 g/mol. The van der Waals surface area contributed by atoms with Gasteiger partial charge < -0.3 is 10.4 Å². The molecule has 0 aromatic heterocycles. The fourth-order valence-electron chi connectivity index (χ4n) is 2.47. The molecule has 1 saturated carbocycles. The predicted octanol–water partition coefficient (Wildman–Crippen LogP) is 3.34. The zero-order valence-corrected chi connectivity index (χ0v) is 11.9. The average Bonchev–Trinajstić information content (AvgIpc) is 2.47. The van der Waals surface area contributed by atoms with Gasteiger partial charge in [0.25, 0.3) is 5.91 Å². The van der Waals surface area contributed by atoms with Crippen molar-refractivity contribution in [3.8, 4) is 5.75 Å². The van der Waals surface area contributed by atoms with Crippen LogP contribution in [0.2, 0.25) is 0 Å². The molecule has 3 nitrogen and oxygen atoms in total. The zero-order chi connectivity index (χ0) is 15.6. The highest BCUT2D eigenvalue weighted by atomic mass is 35.5. The number of aromatic hydroxyl groups is 1. The number of nitrogens with one attached hydrogen (secondary N) is 1. The minimum atomic E-state index is -1.71. The largest absolute Gasteiger partial charge is 0.503 e. The number of carbonyl (C=O) groups is 1. The first-order valence-corrected chi connectivity index (χ1v) is 7.14. The summed E-state index contributed by atoms with van der Waals surface area (Å²) in [6.07, 6.45) is 3.73. The second-order valence-corrected chi connectivity index (χ2v) is 5.71. The van der Waals surface area contributed by atoms with E-state index >= 15 is 0 Å². The number of benzene rings is 1. The summed E-state index contributed by atoms with van der Waals surface area (Å²) in [5, 5.41) is 11.5. The lowest BCUT2D eigenvalue weighted by atomic mass is 9.88. The van der Waals surface area contributed by atoms with Gasteiger partial charge in [0.05, 0.1) is 5.56 Å². The Bertz CT molecular complexity index is 554. The van der Waals surface area contributed by atoms with Crippen molar-refractivity contribution in [1.82, 2.24) is 5.32 Å². The van der Waals surface area contributed by atoms with Crippen LogP contribution in [-0.2, 0) is 0 Å². The third-order valence-electron chi connectivity index (χ3n) is 3.72. The third kappa shape index (κ3) is 3.43. The van der Waals surface area contributed by atoms with Gasteiger partial charge in [0, 0.05) is 11.9 Å². The van der Waals surface area contributed by atoms with E-state index in [0.29, 0.717) is 6.07 Å². The van der Waals surface area contributed by atoms with Gasteiger partial charge in [0.15, 0.2) is 17.4 Å². The Balaban J connectivity index is 2.07. The van der Waals surface area contributed by atoms with Gasteiger partial charge in [-0.2, -0.15) is 4.39 Å². The van der Waals surface area contributed by atoms with Gasteiger partial charge in [-0.3, -0.25) is 4.79 Å². The number of halogens is 4. The summed E-state index contributed by atoms with van der Waals surface area (Å²) in [5.74, 6) is -7.00. The fraction of sp³-hybridized carbons (Fsp3) is 0.500. The Morgan fingerprint density at radius 1 is 1.29 bits per heavy atom. The first kappa shape index (κ1) is 15.9. The maximum atomic E-state index is 13.6. The number of alkyl halides is 1. The number of amides is 1.